The molecule has 158 valence electrons. The van der Waals surface area contributed by atoms with E-state index in [2.05, 4.69) is 11.9 Å². The molecule has 0 spiro atoms. The summed E-state index contributed by atoms with van der Waals surface area (Å²) in [7, 11) is 3.14. The number of benzene rings is 2. The van der Waals surface area contributed by atoms with E-state index >= 15 is 0 Å². The Bertz CT molecular complexity index is 950. The number of amides is 2. The van der Waals surface area contributed by atoms with Crippen molar-refractivity contribution >= 4 is 23.6 Å². The summed E-state index contributed by atoms with van der Waals surface area (Å²) >= 11 is 0. The van der Waals surface area contributed by atoms with E-state index in [1.54, 1.807) is 38.4 Å². The Balaban J connectivity index is 1.97. The summed E-state index contributed by atoms with van der Waals surface area (Å²) in [5.41, 5.74) is 3.55. The smallest absolute Gasteiger partial charge is 0.246 e. The van der Waals surface area contributed by atoms with Gasteiger partial charge in [0.15, 0.2) is 11.5 Å². The van der Waals surface area contributed by atoms with Crippen molar-refractivity contribution in [3.05, 3.63) is 71.8 Å². The molecular weight excluding hydrogens is 380 g/mol. The van der Waals surface area contributed by atoms with Gasteiger partial charge in [-0.05, 0) is 54.8 Å². The van der Waals surface area contributed by atoms with Crippen LogP contribution in [-0.2, 0) is 9.59 Å². The fraction of sp³-hybridized carbons (Fsp3) is 0.250. The largest absolute Gasteiger partial charge is 0.493 e. The molecule has 30 heavy (non-hydrogen) atoms. The Morgan fingerprint density at radius 1 is 1.13 bits per heavy atom. The number of hydrogen-bond donors (Lipinski definition) is 1. The lowest BCUT2D eigenvalue weighted by Crippen LogP contribution is -2.34. The number of carbonyl (C=O) groups excluding carboxylic acids is 2. The molecule has 0 aliphatic rings. The van der Waals surface area contributed by atoms with Crippen LogP contribution in [-0.4, -0.2) is 44.0 Å². The zero-order valence-electron chi connectivity index (χ0n) is 17.9. The molecule has 0 radical (unpaired) electrons. The van der Waals surface area contributed by atoms with E-state index in [-0.39, 0.29) is 18.4 Å². The molecule has 2 aromatic rings. The molecule has 2 rings (SSSR count). The van der Waals surface area contributed by atoms with Gasteiger partial charge in [-0.1, -0.05) is 30.9 Å². The van der Waals surface area contributed by atoms with E-state index in [1.165, 1.54) is 11.0 Å². The van der Waals surface area contributed by atoms with Crippen LogP contribution < -0.4 is 14.8 Å². The molecule has 2 amide bonds. The van der Waals surface area contributed by atoms with Gasteiger partial charge in [0.2, 0.25) is 11.8 Å². The lowest BCUT2D eigenvalue weighted by molar-refractivity contribution is -0.129. The summed E-state index contributed by atoms with van der Waals surface area (Å²) in [4.78, 5) is 26.0. The molecule has 0 aromatic heterocycles. The molecule has 0 fully saturated rings. The number of aryl methyl sites for hydroxylation is 2. The number of rotatable bonds is 9. The summed E-state index contributed by atoms with van der Waals surface area (Å²) < 4.78 is 10.8. The van der Waals surface area contributed by atoms with Gasteiger partial charge in [0.25, 0.3) is 0 Å². The fourth-order valence-electron chi connectivity index (χ4n) is 2.70. The molecular formula is C24H28N2O4. The first-order valence-corrected chi connectivity index (χ1v) is 9.56. The lowest BCUT2D eigenvalue weighted by atomic mass is 10.1. The summed E-state index contributed by atoms with van der Waals surface area (Å²) in [6, 6.07) is 11.2. The van der Waals surface area contributed by atoms with Gasteiger partial charge in [-0.2, -0.15) is 0 Å². The van der Waals surface area contributed by atoms with Crippen LogP contribution in [0.5, 0.6) is 11.5 Å². The second-order valence-electron chi connectivity index (χ2n) is 6.90. The second-order valence-corrected chi connectivity index (χ2v) is 6.90. The number of likely N-dealkylation sites (N-methyl/N-ethyl adjacent to an activating group) is 1. The molecule has 2 aromatic carbocycles. The lowest BCUT2D eigenvalue weighted by Gasteiger charge is -2.16. The zero-order chi connectivity index (χ0) is 22.1. The van der Waals surface area contributed by atoms with E-state index in [9.17, 15) is 9.59 Å². The Morgan fingerprint density at radius 3 is 2.60 bits per heavy atom. The minimum Gasteiger partial charge on any atom is -0.493 e. The number of carbonyl (C=O) groups is 2. The molecule has 0 aliphatic heterocycles. The molecule has 6 nitrogen and oxygen atoms in total. The predicted molar refractivity (Wildman–Crippen MR) is 120 cm³/mol. The van der Waals surface area contributed by atoms with Gasteiger partial charge in [0.1, 0.15) is 6.61 Å². The van der Waals surface area contributed by atoms with Crippen molar-refractivity contribution < 1.29 is 19.1 Å². The zero-order valence-corrected chi connectivity index (χ0v) is 17.9. The highest BCUT2D eigenvalue weighted by atomic mass is 16.5. The Labute approximate surface area is 177 Å². The molecule has 0 bridgehead atoms. The summed E-state index contributed by atoms with van der Waals surface area (Å²) in [6.07, 6.45) is 4.74. The van der Waals surface area contributed by atoms with Crippen molar-refractivity contribution in [2.45, 2.75) is 13.8 Å². The Morgan fingerprint density at radius 2 is 1.90 bits per heavy atom. The number of hydrogen-bond acceptors (Lipinski definition) is 4. The third-order valence-corrected chi connectivity index (χ3v) is 4.39. The monoisotopic (exact) mass is 408 g/mol. The molecule has 0 unspecified atom stereocenters. The molecule has 6 heteroatoms. The number of ether oxygens (including phenoxy) is 2. The number of methoxy groups -OCH3 is 1. The quantitative estimate of drug-likeness (QED) is 0.503. The van der Waals surface area contributed by atoms with Crippen LogP contribution in [0.15, 0.2) is 55.1 Å². The maximum absolute atomic E-state index is 12.4. The number of anilines is 1. The van der Waals surface area contributed by atoms with E-state index in [4.69, 9.17) is 9.47 Å². The first-order valence-electron chi connectivity index (χ1n) is 9.56. The molecule has 0 aliphatic carbocycles. The normalized spacial score (nSPS) is 10.5. The van der Waals surface area contributed by atoms with Crippen LogP contribution in [0.4, 0.5) is 5.69 Å². The molecule has 0 atom stereocenters. The van der Waals surface area contributed by atoms with Crippen LogP contribution in [0.3, 0.4) is 0 Å². The van der Waals surface area contributed by atoms with Crippen LogP contribution in [0.25, 0.3) is 6.08 Å². The number of nitrogens with zero attached hydrogens (tertiary/aromatic N) is 1. The van der Waals surface area contributed by atoms with E-state index in [0.717, 1.165) is 22.4 Å². The van der Waals surface area contributed by atoms with Crippen molar-refractivity contribution in [3.8, 4) is 11.5 Å². The standard InChI is InChI=1S/C24H28N2O4/c1-6-13-30-21-11-9-19(15-22(21)29-5)10-12-24(28)26(4)16-23(27)25-20-14-17(2)7-8-18(20)3/h6-12,14-15H,1,13,16H2,2-5H3,(H,25,27)/b12-10+. The van der Waals surface area contributed by atoms with Gasteiger partial charge >= 0.3 is 0 Å². The second kappa shape index (κ2) is 10.9. The summed E-state index contributed by atoms with van der Waals surface area (Å²) in [6.45, 7) is 7.83. The minimum atomic E-state index is -0.280. The van der Waals surface area contributed by atoms with Crippen molar-refractivity contribution in [1.29, 1.82) is 0 Å². The van der Waals surface area contributed by atoms with Crippen LogP contribution in [0.2, 0.25) is 0 Å². The van der Waals surface area contributed by atoms with E-state index < -0.39 is 0 Å². The SMILES string of the molecule is C=CCOc1ccc(/C=C/C(=O)N(C)CC(=O)Nc2cc(C)ccc2C)cc1OC. The first-order chi connectivity index (χ1) is 14.3. The van der Waals surface area contributed by atoms with Gasteiger partial charge in [-0.25, -0.2) is 0 Å². The van der Waals surface area contributed by atoms with Gasteiger partial charge in [0.05, 0.1) is 13.7 Å². The van der Waals surface area contributed by atoms with Gasteiger partial charge in [-0.15, -0.1) is 0 Å². The average Bonchev–Trinajstić information content (AvgIpc) is 2.73. The van der Waals surface area contributed by atoms with E-state index in [1.807, 2.05) is 38.1 Å². The Hall–Kier alpha value is -3.54. The van der Waals surface area contributed by atoms with Crippen LogP contribution in [0, 0.1) is 13.8 Å². The average molecular weight is 408 g/mol. The van der Waals surface area contributed by atoms with Gasteiger partial charge in [0, 0.05) is 18.8 Å². The molecule has 0 saturated carbocycles. The maximum Gasteiger partial charge on any atom is 0.246 e. The van der Waals surface area contributed by atoms with Crippen molar-refractivity contribution in [1.82, 2.24) is 4.90 Å². The van der Waals surface area contributed by atoms with Crippen LogP contribution >= 0.6 is 0 Å². The van der Waals surface area contributed by atoms with Crippen LogP contribution in [0.1, 0.15) is 16.7 Å². The highest BCUT2D eigenvalue weighted by molar-refractivity contribution is 5.98. The maximum atomic E-state index is 12.4. The number of nitrogens with one attached hydrogen (secondary N) is 1. The van der Waals surface area contributed by atoms with Gasteiger partial charge < -0.3 is 19.7 Å². The fourth-order valence-corrected chi connectivity index (χ4v) is 2.70. The molecule has 1 N–H and O–H groups in total. The highest BCUT2D eigenvalue weighted by Crippen LogP contribution is 2.28. The highest BCUT2D eigenvalue weighted by Gasteiger charge is 2.12. The summed E-state index contributed by atoms with van der Waals surface area (Å²) in [5, 5.41) is 2.85. The Kier molecular flexibility index (Phi) is 8.23. The molecule has 0 heterocycles. The van der Waals surface area contributed by atoms with Gasteiger partial charge in [-0.3, -0.25) is 9.59 Å². The summed E-state index contributed by atoms with van der Waals surface area (Å²) in [5.74, 6) is 0.629. The van der Waals surface area contributed by atoms with Crippen molar-refractivity contribution in [2.24, 2.45) is 0 Å². The third kappa shape index (κ3) is 6.51. The topological polar surface area (TPSA) is 67.9 Å². The first kappa shape index (κ1) is 22.7. The molecule has 0 saturated heterocycles. The van der Waals surface area contributed by atoms with Crippen molar-refractivity contribution in [2.75, 3.05) is 32.6 Å². The predicted octanol–water partition coefficient (Wildman–Crippen LogP) is 3.99. The van der Waals surface area contributed by atoms with Crippen molar-refractivity contribution in [3.63, 3.8) is 0 Å². The minimum absolute atomic E-state index is 0.0474. The van der Waals surface area contributed by atoms with E-state index in [0.29, 0.717) is 18.1 Å². The third-order valence-electron chi connectivity index (χ3n) is 4.39.